The molecule has 9 nitrogen and oxygen atoms in total. The molecule has 0 saturated carbocycles. The molecule has 2 saturated heterocycles. The SMILES string of the molecule is CC(=O)OC[C@@]1(CCl)O[C@@H](N2CC(F)C(=O)NC2=O)[C@H](Cl)[C@@H]1OC(C)=O. The summed E-state index contributed by atoms with van der Waals surface area (Å²) in [6.07, 6.45) is -4.44. The summed E-state index contributed by atoms with van der Waals surface area (Å²) in [5.41, 5.74) is -1.55. The summed E-state index contributed by atoms with van der Waals surface area (Å²) in [5.74, 6) is -2.72. The third kappa shape index (κ3) is 4.02. The van der Waals surface area contributed by atoms with Crippen LogP contribution >= 0.6 is 23.2 Å². The Morgan fingerprint density at radius 2 is 2.04 bits per heavy atom. The Morgan fingerprint density at radius 3 is 2.58 bits per heavy atom. The molecule has 3 amide bonds. The maximum Gasteiger partial charge on any atom is 0.326 e. The molecular formula is C14H17Cl2FN2O7. The van der Waals surface area contributed by atoms with Gasteiger partial charge in [0.15, 0.2) is 24.1 Å². The van der Waals surface area contributed by atoms with Crippen LogP contribution in [0.3, 0.4) is 0 Å². The van der Waals surface area contributed by atoms with E-state index in [2.05, 4.69) is 0 Å². The topological polar surface area (TPSA) is 111 Å². The van der Waals surface area contributed by atoms with Crippen LogP contribution in [0.2, 0.25) is 0 Å². The minimum absolute atomic E-state index is 0.300. The fourth-order valence-corrected chi connectivity index (χ4v) is 3.46. The third-order valence-electron chi connectivity index (χ3n) is 3.91. The van der Waals surface area contributed by atoms with E-state index in [1.54, 1.807) is 0 Å². The average Bonchev–Trinajstić information content (AvgIpc) is 2.82. The van der Waals surface area contributed by atoms with Crippen LogP contribution < -0.4 is 5.32 Å². The summed E-state index contributed by atoms with van der Waals surface area (Å²) in [5, 5.41) is 0.683. The molecule has 0 radical (unpaired) electrons. The number of carbonyl (C=O) groups excluding carboxylic acids is 4. The second kappa shape index (κ2) is 7.93. The van der Waals surface area contributed by atoms with Gasteiger partial charge in [0, 0.05) is 13.8 Å². The lowest BCUT2D eigenvalue weighted by Crippen LogP contribution is -2.60. The van der Waals surface area contributed by atoms with Crippen molar-refractivity contribution in [3.63, 3.8) is 0 Å². The molecule has 2 rings (SSSR count). The summed E-state index contributed by atoms with van der Waals surface area (Å²) in [4.78, 5) is 46.8. The lowest BCUT2D eigenvalue weighted by Gasteiger charge is -2.35. The van der Waals surface area contributed by atoms with Gasteiger partial charge < -0.3 is 14.2 Å². The number of esters is 2. The number of hydrogen-bond acceptors (Lipinski definition) is 7. The highest BCUT2D eigenvalue weighted by molar-refractivity contribution is 6.22. The van der Waals surface area contributed by atoms with E-state index in [9.17, 15) is 23.6 Å². The first kappa shape index (κ1) is 20.7. The smallest absolute Gasteiger partial charge is 0.326 e. The van der Waals surface area contributed by atoms with Crippen LogP contribution in [0.4, 0.5) is 9.18 Å². The zero-order valence-corrected chi connectivity index (χ0v) is 15.4. The first-order valence-electron chi connectivity index (χ1n) is 7.55. The molecule has 0 aliphatic carbocycles. The molecule has 0 bridgehead atoms. The molecule has 2 aliphatic heterocycles. The van der Waals surface area contributed by atoms with E-state index in [1.807, 2.05) is 5.32 Å². The summed E-state index contributed by atoms with van der Waals surface area (Å²) < 4.78 is 29.6. The standard InChI is InChI=1S/C14H17Cl2FN2O7/c1-6(20)24-5-14(4-15)10(25-7(2)21)9(16)12(26-14)19-3-8(17)11(22)18-13(19)23/h8-10,12H,3-5H2,1-2H3,(H,18,22,23)/t8?,9-,10+,12-,14-/m1/s1. The molecular weight excluding hydrogens is 398 g/mol. The summed E-state index contributed by atoms with van der Waals surface area (Å²) in [6.45, 7) is 1.28. The molecule has 26 heavy (non-hydrogen) atoms. The van der Waals surface area contributed by atoms with Crippen LogP contribution in [-0.2, 0) is 28.6 Å². The number of hydrogen-bond donors (Lipinski definition) is 1. The van der Waals surface area contributed by atoms with Crippen molar-refractivity contribution in [2.24, 2.45) is 0 Å². The number of amides is 3. The van der Waals surface area contributed by atoms with Crippen LogP contribution in [-0.4, -0.2) is 77.3 Å². The average molecular weight is 415 g/mol. The van der Waals surface area contributed by atoms with Gasteiger partial charge in [0.1, 0.15) is 12.0 Å². The van der Waals surface area contributed by atoms with E-state index in [0.717, 1.165) is 18.7 Å². The van der Waals surface area contributed by atoms with Gasteiger partial charge in [-0.05, 0) is 0 Å². The number of halogens is 3. The monoisotopic (exact) mass is 414 g/mol. The van der Waals surface area contributed by atoms with Crippen LogP contribution in [0.25, 0.3) is 0 Å². The van der Waals surface area contributed by atoms with Crippen molar-refractivity contribution < 1.29 is 37.8 Å². The fourth-order valence-electron chi connectivity index (χ4n) is 2.70. The highest BCUT2D eigenvalue weighted by atomic mass is 35.5. The maximum atomic E-state index is 13.7. The highest BCUT2D eigenvalue weighted by Crippen LogP contribution is 2.40. The van der Waals surface area contributed by atoms with E-state index in [4.69, 9.17) is 37.4 Å². The molecule has 0 spiro atoms. The number of nitrogens with zero attached hydrogens (tertiary/aromatic N) is 1. The largest absolute Gasteiger partial charge is 0.463 e. The fraction of sp³-hybridized carbons (Fsp3) is 0.714. The number of alkyl halides is 3. The molecule has 2 aliphatic rings. The van der Waals surface area contributed by atoms with Crippen molar-refractivity contribution in [2.75, 3.05) is 19.0 Å². The van der Waals surface area contributed by atoms with Crippen molar-refractivity contribution in [1.29, 1.82) is 0 Å². The van der Waals surface area contributed by atoms with Gasteiger partial charge in [-0.15, -0.1) is 23.2 Å². The van der Waals surface area contributed by atoms with Gasteiger partial charge >= 0.3 is 18.0 Å². The van der Waals surface area contributed by atoms with E-state index in [1.165, 1.54) is 0 Å². The first-order chi connectivity index (χ1) is 12.1. The van der Waals surface area contributed by atoms with Crippen LogP contribution in [0.1, 0.15) is 13.8 Å². The number of imide groups is 1. The Balaban J connectivity index is 2.31. The molecule has 2 heterocycles. The van der Waals surface area contributed by atoms with E-state index >= 15 is 0 Å². The molecule has 12 heteroatoms. The van der Waals surface area contributed by atoms with Crippen molar-refractivity contribution in [1.82, 2.24) is 10.2 Å². The van der Waals surface area contributed by atoms with Crippen molar-refractivity contribution in [3.05, 3.63) is 0 Å². The summed E-state index contributed by atoms with van der Waals surface area (Å²) >= 11 is 12.3. The summed E-state index contributed by atoms with van der Waals surface area (Å²) in [6, 6.07) is -0.918. The molecule has 0 aromatic carbocycles. The number of urea groups is 1. The molecule has 146 valence electrons. The highest BCUT2D eigenvalue weighted by Gasteiger charge is 2.60. The second-order valence-electron chi connectivity index (χ2n) is 5.88. The molecule has 5 atom stereocenters. The zero-order valence-electron chi connectivity index (χ0n) is 13.9. The quantitative estimate of drug-likeness (QED) is 0.508. The Hall–Kier alpha value is -1.65. The van der Waals surface area contributed by atoms with Crippen molar-refractivity contribution in [2.45, 2.75) is 43.3 Å². The lowest BCUT2D eigenvalue weighted by molar-refractivity contribution is -0.173. The molecule has 1 N–H and O–H groups in total. The molecule has 0 aromatic rings. The minimum atomic E-state index is -1.98. The van der Waals surface area contributed by atoms with Gasteiger partial charge in [0.2, 0.25) is 0 Å². The Labute approximate surface area is 158 Å². The number of rotatable bonds is 5. The van der Waals surface area contributed by atoms with Gasteiger partial charge in [0.25, 0.3) is 5.91 Å². The normalized spacial score (nSPS) is 34.4. The molecule has 0 aromatic heterocycles. The Bertz CT molecular complexity index is 622. The van der Waals surface area contributed by atoms with Crippen LogP contribution in [0.15, 0.2) is 0 Å². The zero-order chi connectivity index (χ0) is 19.6. The number of nitrogens with one attached hydrogen (secondary N) is 1. The van der Waals surface area contributed by atoms with E-state index in [-0.39, 0.29) is 5.88 Å². The Kier molecular flexibility index (Phi) is 6.30. The molecule has 2 fully saturated rings. The minimum Gasteiger partial charge on any atom is -0.463 e. The molecule has 1 unspecified atom stereocenters. The lowest BCUT2D eigenvalue weighted by atomic mass is 9.99. The second-order valence-corrected chi connectivity index (χ2v) is 6.65. The number of carbonyl (C=O) groups is 4. The van der Waals surface area contributed by atoms with E-state index in [0.29, 0.717) is 0 Å². The van der Waals surface area contributed by atoms with Crippen molar-refractivity contribution >= 4 is 47.1 Å². The predicted octanol–water partition coefficient (Wildman–Crippen LogP) is 0.312. The van der Waals surface area contributed by atoms with Crippen LogP contribution in [0.5, 0.6) is 0 Å². The predicted molar refractivity (Wildman–Crippen MR) is 85.3 cm³/mol. The number of ether oxygens (including phenoxy) is 3. The van der Waals surface area contributed by atoms with Crippen LogP contribution in [0, 0.1) is 0 Å². The van der Waals surface area contributed by atoms with Gasteiger partial charge in [-0.2, -0.15) is 0 Å². The van der Waals surface area contributed by atoms with Gasteiger partial charge in [-0.3, -0.25) is 24.6 Å². The van der Waals surface area contributed by atoms with E-state index < -0.39 is 66.5 Å². The van der Waals surface area contributed by atoms with Gasteiger partial charge in [-0.25, -0.2) is 9.18 Å². The van der Waals surface area contributed by atoms with Gasteiger partial charge in [-0.1, -0.05) is 0 Å². The summed E-state index contributed by atoms with van der Waals surface area (Å²) in [7, 11) is 0. The first-order valence-corrected chi connectivity index (χ1v) is 8.52. The van der Waals surface area contributed by atoms with Gasteiger partial charge in [0.05, 0.1) is 12.4 Å². The Morgan fingerprint density at radius 1 is 1.38 bits per heavy atom. The van der Waals surface area contributed by atoms with Crippen molar-refractivity contribution in [3.8, 4) is 0 Å². The maximum absolute atomic E-state index is 13.7. The third-order valence-corrected chi connectivity index (χ3v) is 4.81.